The van der Waals surface area contributed by atoms with Crippen molar-refractivity contribution < 1.29 is 24.2 Å². The van der Waals surface area contributed by atoms with Crippen LogP contribution >= 0.6 is 11.6 Å². The van der Waals surface area contributed by atoms with Crippen molar-refractivity contribution in [2.24, 2.45) is 0 Å². The van der Waals surface area contributed by atoms with Crippen LogP contribution in [-0.4, -0.2) is 22.9 Å². The van der Waals surface area contributed by atoms with E-state index >= 15 is 0 Å². The second-order valence-corrected chi connectivity index (χ2v) is 6.45. The third-order valence-electron chi connectivity index (χ3n) is 4.28. The van der Waals surface area contributed by atoms with E-state index in [1.807, 2.05) is 0 Å². The number of imide groups is 1. The van der Waals surface area contributed by atoms with Crippen molar-refractivity contribution >= 4 is 35.1 Å². The number of anilines is 1. The third kappa shape index (κ3) is 2.90. The highest BCUT2D eigenvalue weighted by Crippen LogP contribution is 2.35. The number of phenols is 1. The molecule has 2 amide bonds. The predicted octanol–water partition coefficient (Wildman–Crippen LogP) is 4.07. The molecule has 138 valence electrons. The number of carbonyl (C=O) groups excluding carboxylic acids is 3. The van der Waals surface area contributed by atoms with E-state index in [-0.39, 0.29) is 38.9 Å². The zero-order chi connectivity index (χ0) is 19.8. The maximum absolute atomic E-state index is 12.7. The highest BCUT2D eigenvalue weighted by molar-refractivity contribution is 6.35. The number of fused-ring (bicyclic) bond motifs is 1. The van der Waals surface area contributed by atoms with E-state index in [2.05, 4.69) is 0 Å². The number of halogens is 1. The van der Waals surface area contributed by atoms with Gasteiger partial charge in [0.25, 0.3) is 11.8 Å². The molecule has 0 atom stereocenters. The number of hydrogen-bond acceptors (Lipinski definition) is 5. The average molecular weight is 394 g/mol. The number of carbonyl (C=O) groups is 3. The van der Waals surface area contributed by atoms with E-state index in [0.717, 1.165) is 4.90 Å². The predicted molar refractivity (Wildman–Crippen MR) is 102 cm³/mol. The van der Waals surface area contributed by atoms with Crippen molar-refractivity contribution in [2.75, 3.05) is 4.90 Å². The van der Waals surface area contributed by atoms with Crippen LogP contribution in [0.15, 0.2) is 66.7 Å². The van der Waals surface area contributed by atoms with Gasteiger partial charge >= 0.3 is 5.97 Å². The smallest absolute Gasteiger partial charge is 0.347 e. The van der Waals surface area contributed by atoms with Crippen LogP contribution in [0.1, 0.15) is 31.1 Å². The van der Waals surface area contributed by atoms with Crippen molar-refractivity contribution in [1.29, 1.82) is 0 Å². The molecular weight excluding hydrogens is 382 g/mol. The lowest BCUT2D eigenvalue weighted by Crippen LogP contribution is -2.30. The Kier molecular flexibility index (Phi) is 4.33. The van der Waals surface area contributed by atoms with Crippen LogP contribution in [0.4, 0.5) is 5.69 Å². The fourth-order valence-electron chi connectivity index (χ4n) is 2.96. The molecule has 0 unspecified atom stereocenters. The number of esters is 1. The monoisotopic (exact) mass is 393 g/mol. The number of ether oxygens (including phenoxy) is 1. The van der Waals surface area contributed by atoms with Crippen molar-refractivity contribution in [1.82, 2.24) is 0 Å². The van der Waals surface area contributed by atoms with Crippen molar-refractivity contribution in [2.45, 2.75) is 0 Å². The quantitative estimate of drug-likeness (QED) is 0.412. The Labute approximate surface area is 164 Å². The van der Waals surface area contributed by atoms with Crippen LogP contribution in [0.5, 0.6) is 11.5 Å². The molecule has 0 bridgehead atoms. The van der Waals surface area contributed by atoms with Crippen LogP contribution in [0.25, 0.3) is 0 Å². The zero-order valence-corrected chi connectivity index (χ0v) is 15.0. The second kappa shape index (κ2) is 6.83. The molecule has 3 aromatic carbocycles. The molecule has 0 aliphatic carbocycles. The Morgan fingerprint density at radius 2 is 1.50 bits per heavy atom. The number of amides is 2. The van der Waals surface area contributed by atoms with Gasteiger partial charge in [0.05, 0.1) is 16.8 Å². The van der Waals surface area contributed by atoms with E-state index in [9.17, 15) is 19.5 Å². The molecule has 1 aliphatic heterocycles. The molecule has 28 heavy (non-hydrogen) atoms. The molecule has 0 spiro atoms. The van der Waals surface area contributed by atoms with Crippen molar-refractivity contribution in [3.63, 3.8) is 0 Å². The van der Waals surface area contributed by atoms with Crippen molar-refractivity contribution in [3.8, 4) is 11.5 Å². The van der Waals surface area contributed by atoms with Gasteiger partial charge in [-0.3, -0.25) is 9.59 Å². The number of aromatic hydroxyl groups is 1. The largest absolute Gasteiger partial charge is 0.507 e. The first kappa shape index (κ1) is 17.8. The highest BCUT2D eigenvalue weighted by Gasteiger charge is 2.38. The Morgan fingerprint density at radius 3 is 2.18 bits per heavy atom. The minimum atomic E-state index is -0.871. The summed E-state index contributed by atoms with van der Waals surface area (Å²) in [5.74, 6) is -2.18. The molecule has 4 rings (SSSR count). The van der Waals surface area contributed by atoms with Gasteiger partial charge in [-0.1, -0.05) is 35.9 Å². The maximum atomic E-state index is 12.7. The summed E-state index contributed by atoms with van der Waals surface area (Å²) in [5, 5.41) is 10.1. The molecule has 0 saturated carbocycles. The van der Waals surface area contributed by atoms with E-state index in [4.69, 9.17) is 16.3 Å². The average Bonchev–Trinajstić information content (AvgIpc) is 2.95. The summed E-state index contributed by atoms with van der Waals surface area (Å²) in [6.45, 7) is 0. The van der Waals surface area contributed by atoms with Gasteiger partial charge in [-0.15, -0.1) is 0 Å². The van der Waals surface area contributed by atoms with Crippen LogP contribution in [0.3, 0.4) is 0 Å². The second-order valence-electron chi connectivity index (χ2n) is 6.01. The van der Waals surface area contributed by atoms with E-state index in [0.29, 0.717) is 0 Å². The summed E-state index contributed by atoms with van der Waals surface area (Å²) in [6, 6.07) is 16.6. The summed E-state index contributed by atoms with van der Waals surface area (Å²) in [7, 11) is 0. The summed E-state index contributed by atoms with van der Waals surface area (Å²) in [6.07, 6.45) is 0. The topological polar surface area (TPSA) is 83.9 Å². The molecule has 7 heteroatoms. The lowest BCUT2D eigenvalue weighted by molar-refractivity contribution is 0.0728. The fourth-order valence-corrected chi connectivity index (χ4v) is 3.13. The number of phenolic OH excluding ortho intramolecular Hbond substituents is 1. The lowest BCUT2D eigenvalue weighted by atomic mass is 10.1. The Balaban J connectivity index is 1.71. The summed E-state index contributed by atoms with van der Waals surface area (Å²) < 4.78 is 5.37. The molecule has 0 radical (unpaired) electrons. The summed E-state index contributed by atoms with van der Waals surface area (Å²) in [4.78, 5) is 38.9. The van der Waals surface area contributed by atoms with Gasteiger partial charge in [-0.25, -0.2) is 9.69 Å². The van der Waals surface area contributed by atoms with Gasteiger partial charge in [0.1, 0.15) is 11.3 Å². The first-order valence-corrected chi connectivity index (χ1v) is 8.62. The third-order valence-corrected chi connectivity index (χ3v) is 4.52. The van der Waals surface area contributed by atoms with E-state index < -0.39 is 17.8 Å². The molecule has 1 N–H and O–H groups in total. The number of hydrogen-bond donors (Lipinski definition) is 1. The van der Waals surface area contributed by atoms with Gasteiger partial charge in [0.15, 0.2) is 5.75 Å². The van der Waals surface area contributed by atoms with Gasteiger partial charge in [0, 0.05) is 5.02 Å². The van der Waals surface area contributed by atoms with Gasteiger partial charge in [-0.2, -0.15) is 0 Å². The van der Waals surface area contributed by atoms with Crippen molar-refractivity contribution in [3.05, 3.63) is 88.4 Å². The van der Waals surface area contributed by atoms with Gasteiger partial charge < -0.3 is 9.84 Å². The molecular formula is C21H12ClNO5. The van der Waals surface area contributed by atoms with Gasteiger partial charge in [-0.05, 0) is 42.5 Å². The molecule has 6 nitrogen and oxygen atoms in total. The normalized spacial score (nSPS) is 12.8. The maximum Gasteiger partial charge on any atom is 0.347 e. The first-order chi connectivity index (χ1) is 13.5. The molecule has 3 aromatic rings. The molecule has 0 aromatic heterocycles. The SMILES string of the molecule is O=C(Oc1ccccc1N1C(=O)c2ccccc2C1=O)c1cc(Cl)ccc1O. The minimum absolute atomic E-state index is 0.00128. The fraction of sp³-hybridized carbons (Fsp3) is 0. The molecule has 0 saturated heterocycles. The Morgan fingerprint density at radius 1 is 0.893 bits per heavy atom. The van der Waals surface area contributed by atoms with E-state index in [1.54, 1.807) is 36.4 Å². The van der Waals surface area contributed by atoms with Gasteiger partial charge in [0.2, 0.25) is 0 Å². The zero-order valence-electron chi connectivity index (χ0n) is 14.3. The highest BCUT2D eigenvalue weighted by atomic mass is 35.5. The Bertz CT molecular complexity index is 1110. The molecule has 1 aliphatic rings. The standard InChI is InChI=1S/C21H12ClNO5/c22-12-9-10-17(24)15(11-12)21(27)28-18-8-4-3-7-16(18)23-19(25)13-5-1-2-6-14(13)20(23)26/h1-11,24H. The lowest BCUT2D eigenvalue weighted by Gasteiger charge is -2.17. The van der Waals surface area contributed by atoms with Crippen LogP contribution < -0.4 is 9.64 Å². The van der Waals surface area contributed by atoms with Crippen LogP contribution in [0.2, 0.25) is 5.02 Å². The molecule has 1 heterocycles. The first-order valence-electron chi connectivity index (χ1n) is 8.25. The molecule has 0 fully saturated rings. The van der Waals surface area contributed by atoms with Crippen LogP contribution in [0, 0.1) is 0 Å². The van der Waals surface area contributed by atoms with Crippen LogP contribution in [-0.2, 0) is 0 Å². The number of nitrogens with zero attached hydrogens (tertiary/aromatic N) is 1. The number of rotatable bonds is 3. The van der Waals surface area contributed by atoms with E-state index in [1.165, 1.54) is 30.3 Å². The Hall–Kier alpha value is -3.64. The summed E-state index contributed by atoms with van der Waals surface area (Å²) >= 11 is 5.87. The minimum Gasteiger partial charge on any atom is -0.507 e. The number of para-hydroxylation sites is 2. The number of benzene rings is 3. The summed E-state index contributed by atoms with van der Waals surface area (Å²) in [5.41, 5.74) is 0.551.